The lowest BCUT2D eigenvalue weighted by atomic mass is 10.3. The van der Waals surface area contributed by atoms with E-state index in [0.29, 0.717) is 8.95 Å². The first-order valence-corrected chi connectivity index (χ1v) is 8.11. The van der Waals surface area contributed by atoms with E-state index in [-0.39, 0.29) is 5.69 Å². The second-order valence-electron chi connectivity index (χ2n) is 3.00. The molecule has 0 radical (unpaired) electrons. The van der Waals surface area contributed by atoms with Gasteiger partial charge in [0.1, 0.15) is 0 Å². The van der Waals surface area contributed by atoms with Crippen molar-refractivity contribution in [2.45, 2.75) is 0 Å². The second kappa shape index (κ2) is 5.68. The number of aliphatic carboxylic acids is 1. The Balaban J connectivity index is 3.08. The third kappa shape index (κ3) is 4.57. The van der Waals surface area contributed by atoms with Gasteiger partial charge in [0, 0.05) is 13.4 Å². The molecule has 1 rings (SSSR count). The first kappa shape index (κ1) is 14.9. The van der Waals surface area contributed by atoms with Crippen molar-refractivity contribution >= 4 is 69.5 Å². The molecule has 0 atom stereocenters. The Kier molecular flexibility index (Phi) is 4.99. The van der Waals surface area contributed by atoms with Gasteiger partial charge in [0.15, 0.2) is 5.75 Å². The van der Waals surface area contributed by atoms with Crippen LogP contribution in [0.4, 0.5) is 5.69 Å². The predicted molar refractivity (Wildman–Crippen MR) is 74.6 cm³/mol. The van der Waals surface area contributed by atoms with Gasteiger partial charge in [-0.3, -0.25) is 9.52 Å². The third-order valence-electron chi connectivity index (χ3n) is 1.58. The van der Waals surface area contributed by atoms with Crippen molar-refractivity contribution in [1.29, 1.82) is 0 Å². The SMILES string of the molecule is O=C(O)CS(=O)(=O)Nc1c(Br)cc(Br)cc1Br. The lowest BCUT2D eigenvalue weighted by Gasteiger charge is -2.10. The van der Waals surface area contributed by atoms with Crippen molar-refractivity contribution in [3.05, 3.63) is 25.6 Å². The zero-order valence-corrected chi connectivity index (χ0v) is 13.7. The Bertz CT molecular complexity index is 535. The molecular weight excluding hydrogens is 446 g/mol. The zero-order chi connectivity index (χ0) is 13.2. The normalized spacial score (nSPS) is 11.2. The molecule has 0 bridgehead atoms. The van der Waals surface area contributed by atoms with Gasteiger partial charge in [0.05, 0.1) is 5.69 Å². The number of sulfonamides is 1. The van der Waals surface area contributed by atoms with Gasteiger partial charge in [0.25, 0.3) is 0 Å². The Morgan fingerprint density at radius 3 is 2.12 bits per heavy atom. The van der Waals surface area contributed by atoms with Crippen molar-refractivity contribution in [2.75, 3.05) is 10.5 Å². The van der Waals surface area contributed by atoms with E-state index in [1.807, 2.05) is 0 Å². The number of hydrogen-bond acceptors (Lipinski definition) is 3. The maximum absolute atomic E-state index is 11.5. The van der Waals surface area contributed by atoms with E-state index in [1.165, 1.54) is 0 Å². The summed E-state index contributed by atoms with van der Waals surface area (Å²) in [4.78, 5) is 10.4. The summed E-state index contributed by atoms with van der Waals surface area (Å²) in [5.41, 5.74) is 0.259. The highest BCUT2D eigenvalue weighted by molar-refractivity contribution is 9.11. The van der Waals surface area contributed by atoms with Crippen LogP contribution in [-0.2, 0) is 14.8 Å². The minimum absolute atomic E-state index is 0.259. The number of rotatable bonds is 4. The monoisotopic (exact) mass is 449 g/mol. The largest absolute Gasteiger partial charge is 0.480 e. The Labute approximate surface area is 123 Å². The highest BCUT2D eigenvalue weighted by Crippen LogP contribution is 2.34. The third-order valence-corrected chi connectivity index (χ3v) is 4.43. The molecule has 1 aromatic carbocycles. The molecule has 0 saturated heterocycles. The number of anilines is 1. The van der Waals surface area contributed by atoms with Crippen LogP contribution in [0.1, 0.15) is 0 Å². The molecule has 0 heterocycles. The summed E-state index contributed by atoms with van der Waals surface area (Å²) in [6.07, 6.45) is 0. The van der Waals surface area contributed by atoms with E-state index in [1.54, 1.807) is 12.1 Å². The van der Waals surface area contributed by atoms with Crippen LogP contribution >= 0.6 is 47.8 Å². The molecule has 0 aromatic heterocycles. The lowest BCUT2D eigenvalue weighted by molar-refractivity contribution is -0.134. The van der Waals surface area contributed by atoms with Crippen LogP contribution in [0.15, 0.2) is 25.6 Å². The molecule has 0 amide bonds. The Hall–Kier alpha value is -0.120. The van der Waals surface area contributed by atoms with E-state index in [0.717, 1.165) is 4.47 Å². The van der Waals surface area contributed by atoms with E-state index >= 15 is 0 Å². The average molecular weight is 452 g/mol. The Morgan fingerprint density at radius 1 is 1.24 bits per heavy atom. The number of halogens is 3. The van der Waals surface area contributed by atoms with Crippen molar-refractivity contribution in [3.63, 3.8) is 0 Å². The molecular formula is C8H6Br3NO4S. The highest BCUT2D eigenvalue weighted by atomic mass is 79.9. The number of benzene rings is 1. The minimum atomic E-state index is -3.92. The fourth-order valence-electron chi connectivity index (χ4n) is 0.994. The van der Waals surface area contributed by atoms with Crippen LogP contribution < -0.4 is 4.72 Å². The number of nitrogens with one attached hydrogen (secondary N) is 1. The summed E-state index contributed by atoms with van der Waals surface area (Å²) in [6, 6.07) is 3.28. The van der Waals surface area contributed by atoms with Crippen LogP contribution in [0, 0.1) is 0 Å². The van der Waals surface area contributed by atoms with Crippen molar-refractivity contribution in [2.24, 2.45) is 0 Å². The highest BCUT2D eigenvalue weighted by Gasteiger charge is 2.18. The van der Waals surface area contributed by atoms with E-state index in [2.05, 4.69) is 52.5 Å². The molecule has 0 fully saturated rings. The summed E-state index contributed by atoms with van der Waals surface area (Å²) in [5, 5.41) is 8.46. The number of carboxylic acid groups (broad SMARTS) is 1. The molecule has 2 N–H and O–H groups in total. The lowest BCUT2D eigenvalue weighted by Crippen LogP contribution is -2.22. The zero-order valence-electron chi connectivity index (χ0n) is 8.08. The van der Waals surface area contributed by atoms with Gasteiger partial charge in [0.2, 0.25) is 10.0 Å². The van der Waals surface area contributed by atoms with Crippen LogP contribution in [0.25, 0.3) is 0 Å². The molecule has 0 unspecified atom stereocenters. The molecule has 17 heavy (non-hydrogen) atoms. The molecule has 0 saturated carbocycles. The molecule has 0 aliphatic rings. The van der Waals surface area contributed by atoms with E-state index < -0.39 is 21.7 Å². The minimum Gasteiger partial charge on any atom is -0.480 e. The number of carboxylic acids is 1. The number of carbonyl (C=O) groups is 1. The summed E-state index contributed by atoms with van der Waals surface area (Å²) in [6.45, 7) is 0. The second-order valence-corrected chi connectivity index (χ2v) is 7.35. The first-order chi connectivity index (χ1) is 7.71. The predicted octanol–water partition coefficient (Wildman–Crippen LogP) is 2.80. The first-order valence-electron chi connectivity index (χ1n) is 4.08. The fraction of sp³-hybridized carbons (Fsp3) is 0.125. The quantitative estimate of drug-likeness (QED) is 0.737. The smallest absolute Gasteiger partial charge is 0.320 e. The van der Waals surface area contributed by atoms with Crippen LogP contribution in [0.3, 0.4) is 0 Å². The van der Waals surface area contributed by atoms with Crippen molar-refractivity contribution < 1.29 is 18.3 Å². The maximum Gasteiger partial charge on any atom is 0.320 e. The van der Waals surface area contributed by atoms with Gasteiger partial charge >= 0.3 is 5.97 Å². The Morgan fingerprint density at radius 2 is 1.71 bits per heavy atom. The molecule has 9 heteroatoms. The molecule has 0 spiro atoms. The van der Waals surface area contributed by atoms with Gasteiger partial charge in [-0.2, -0.15) is 0 Å². The van der Waals surface area contributed by atoms with Crippen LogP contribution in [-0.4, -0.2) is 25.2 Å². The van der Waals surface area contributed by atoms with Gasteiger partial charge in [-0.05, 0) is 44.0 Å². The molecule has 0 aliphatic carbocycles. The van der Waals surface area contributed by atoms with Crippen LogP contribution in [0.2, 0.25) is 0 Å². The maximum atomic E-state index is 11.5. The summed E-state index contributed by atoms with van der Waals surface area (Å²) >= 11 is 9.60. The molecule has 0 aliphatic heterocycles. The van der Waals surface area contributed by atoms with Gasteiger partial charge in [-0.1, -0.05) is 15.9 Å². The molecule has 94 valence electrons. The summed E-state index contributed by atoms with van der Waals surface area (Å²) in [7, 11) is -3.92. The van der Waals surface area contributed by atoms with Crippen molar-refractivity contribution in [1.82, 2.24) is 0 Å². The summed E-state index contributed by atoms with van der Waals surface area (Å²) < 4.78 is 26.8. The van der Waals surface area contributed by atoms with Crippen molar-refractivity contribution in [3.8, 4) is 0 Å². The summed E-state index contributed by atoms with van der Waals surface area (Å²) in [5.74, 6) is -2.40. The van der Waals surface area contributed by atoms with Gasteiger partial charge in [-0.15, -0.1) is 0 Å². The standard InChI is InChI=1S/C8H6Br3NO4S/c9-4-1-5(10)8(6(11)2-4)12-17(15,16)3-7(13)14/h1-2,12H,3H2,(H,13,14). The van der Waals surface area contributed by atoms with E-state index in [9.17, 15) is 13.2 Å². The van der Waals surface area contributed by atoms with E-state index in [4.69, 9.17) is 5.11 Å². The number of hydrogen-bond donors (Lipinski definition) is 2. The topological polar surface area (TPSA) is 83.5 Å². The average Bonchev–Trinajstić information content (AvgIpc) is 2.09. The van der Waals surface area contributed by atoms with Gasteiger partial charge in [-0.25, -0.2) is 8.42 Å². The van der Waals surface area contributed by atoms with Crippen LogP contribution in [0.5, 0.6) is 0 Å². The fourth-order valence-corrected chi connectivity index (χ4v) is 4.64. The molecule has 5 nitrogen and oxygen atoms in total. The molecule has 1 aromatic rings. The van der Waals surface area contributed by atoms with Gasteiger partial charge < -0.3 is 5.11 Å².